The number of carboxylic acids is 1. The number of carboxylic acid groups (broad SMARTS) is 1. The van der Waals surface area contributed by atoms with Crippen molar-refractivity contribution < 1.29 is 28.3 Å². The van der Waals surface area contributed by atoms with Gasteiger partial charge in [0, 0.05) is 0 Å². The monoisotopic (exact) mass is 430 g/mol. The number of benzene rings is 2. The number of hydrogen-bond acceptors (Lipinski definition) is 3. The first kappa shape index (κ1) is 21.6. The molecule has 6 nitrogen and oxygen atoms in total. The lowest BCUT2D eigenvalue weighted by Gasteiger charge is -2.19. The molecule has 0 unspecified atom stereocenters. The molecule has 0 aliphatic carbocycles. The quantitative estimate of drug-likeness (QED) is 0.654. The van der Waals surface area contributed by atoms with E-state index in [-0.39, 0.29) is 21.2 Å². The van der Waals surface area contributed by atoms with E-state index >= 15 is 0 Å². The van der Waals surface area contributed by atoms with Gasteiger partial charge in [0.2, 0.25) is 5.91 Å². The van der Waals surface area contributed by atoms with E-state index in [4.69, 9.17) is 23.2 Å². The molecule has 0 spiro atoms. The Hall–Kier alpha value is -2.71. The van der Waals surface area contributed by atoms with Crippen LogP contribution in [0.5, 0.6) is 0 Å². The Morgan fingerprint density at radius 3 is 2.32 bits per heavy atom. The number of halogens is 4. The van der Waals surface area contributed by atoms with Crippen LogP contribution in [-0.2, 0) is 9.59 Å². The standard InChI is InChI=1S/C18H14Cl2F2N2O4/c1-8(23-17(26)10-3-2-4-11(19)14(10)20)16(25)24-15(18(27)28)9-5-6-12(21)13(22)7-9/h2-8,15H,1H3,(H,23,26)(H,24,25)(H,27,28)/t8-,15+/m1/s1. The Kier molecular flexibility index (Phi) is 6.93. The first-order chi connectivity index (χ1) is 13.1. The van der Waals surface area contributed by atoms with Crippen molar-refractivity contribution >= 4 is 41.0 Å². The molecule has 148 valence electrons. The fraction of sp³-hybridized carbons (Fsp3) is 0.167. The lowest BCUT2D eigenvalue weighted by Crippen LogP contribution is -2.47. The molecule has 0 aliphatic heterocycles. The van der Waals surface area contributed by atoms with E-state index in [1.807, 2.05) is 0 Å². The lowest BCUT2D eigenvalue weighted by atomic mass is 10.1. The molecule has 10 heteroatoms. The summed E-state index contributed by atoms with van der Waals surface area (Å²) >= 11 is 11.8. The number of carbonyl (C=O) groups excluding carboxylic acids is 2. The number of nitrogens with one attached hydrogen (secondary N) is 2. The molecule has 3 N–H and O–H groups in total. The van der Waals surface area contributed by atoms with Crippen molar-refractivity contribution in [3.63, 3.8) is 0 Å². The molecule has 2 aromatic carbocycles. The van der Waals surface area contributed by atoms with Gasteiger partial charge in [-0.3, -0.25) is 9.59 Å². The van der Waals surface area contributed by atoms with Gasteiger partial charge in [0.05, 0.1) is 15.6 Å². The van der Waals surface area contributed by atoms with Gasteiger partial charge in [0.15, 0.2) is 17.7 Å². The second kappa shape index (κ2) is 8.99. The highest BCUT2D eigenvalue weighted by molar-refractivity contribution is 6.43. The smallest absolute Gasteiger partial charge is 0.330 e. The van der Waals surface area contributed by atoms with Gasteiger partial charge in [0.25, 0.3) is 5.91 Å². The van der Waals surface area contributed by atoms with Gasteiger partial charge in [-0.15, -0.1) is 0 Å². The maximum atomic E-state index is 13.4. The Labute approximate surface area is 168 Å². The summed E-state index contributed by atoms with van der Waals surface area (Å²) in [5.41, 5.74) is -0.139. The van der Waals surface area contributed by atoms with E-state index in [2.05, 4.69) is 10.6 Å². The Morgan fingerprint density at radius 2 is 1.71 bits per heavy atom. The fourth-order valence-electron chi connectivity index (χ4n) is 2.27. The molecule has 2 atom stereocenters. The first-order valence-electron chi connectivity index (χ1n) is 7.84. The van der Waals surface area contributed by atoms with E-state index in [0.717, 1.165) is 12.1 Å². The number of rotatable bonds is 6. The Balaban J connectivity index is 2.12. The van der Waals surface area contributed by atoms with Gasteiger partial charge >= 0.3 is 5.97 Å². The van der Waals surface area contributed by atoms with Crippen molar-refractivity contribution in [2.45, 2.75) is 19.0 Å². The normalized spacial score (nSPS) is 12.8. The zero-order chi connectivity index (χ0) is 21.0. The molecule has 0 saturated carbocycles. The summed E-state index contributed by atoms with van der Waals surface area (Å²) in [4.78, 5) is 36.0. The topological polar surface area (TPSA) is 95.5 Å². The molecule has 0 bridgehead atoms. The average Bonchev–Trinajstić information content (AvgIpc) is 2.63. The number of amides is 2. The Morgan fingerprint density at radius 1 is 1.04 bits per heavy atom. The van der Waals surface area contributed by atoms with Crippen LogP contribution >= 0.6 is 23.2 Å². The van der Waals surface area contributed by atoms with Crippen molar-refractivity contribution in [1.82, 2.24) is 10.6 Å². The second-order valence-electron chi connectivity index (χ2n) is 5.75. The van der Waals surface area contributed by atoms with Gasteiger partial charge in [-0.05, 0) is 36.8 Å². The fourth-order valence-corrected chi connectivity index (χ4v) is 2.65. The second-order valence-corrected chi connectivity index (χ2v) is 6.54. The largest absolute Gasteiger partial charge is 0.479 e. The molecule has 2 rings (SSSR count). The molecule has 0 saturated heterocycles. The minimum absolute atomic E-state index is 0.000486. The van der Waals surface area contributed by atoms with Crippen LogP contribution in [0.4, 0.5) is 8.78 Å². The van der Waals surface area contributed by atoms with Crippen molar-refractivity contribution in [3.05, 3.63) is 69.2 Å². The highest BCUT2D eigenvalue weighted by Gasteiger charge is 2.27. The summed E-state index contributed by atoms with van der Waals surface area (Å²) in [7, 11) is 0. The van der Waals surface area contributed by atoms with E-state index in [1.54, 1.807) is 0 Å². The summed E-state index contributed by atoms with van der Waals surface area (Å²) in [6.45, 7) is 1.32. The zero-order valence-electron chi connectivity index (χ0n) is 14.3. The zero-order valence-corrected chi connectivity index (χ0v) is 15.8. The van der Waals surface area contributed by atoms with E-state index in [0.29, 0.717) is 6.07 Å². The van der Waals surface area contributed by atoms with Crippen LogP contribution in [0, 0.1) is 11.6 Å². The van der Waals surface area contributed by atoms with E-state index < -0.39 is 41.5 Å². The maximum Gasteiger partial charge on any atom is 0.330 e. The van der Waals surface area contributed by atoms with Crippen LogP contribution in [-0.4, -0.2) is 28.9 Å². The summed E-state index contributed by atoms with van der Waals surface area (Å²) in [5.74, 6) is -5.46. The van der Waals surface area contributed by atoms with E-state index in [9.17, 15) is 28.3 Å². The molecule has 0 aliphatic rings. The number of aliphatic carboxylic acids is 1. The summed E-state index contributed by atoms with van der Waals surface area (Å²) in [5, 5.41) is 14.0. The predicted molar refractivity (Wildman–Crippen MR) is 98.3 cm³/mol. The van der Waals surface area contributed by atoms with Crippen LogP contribution in [0.3, 0.4) is 0 Å². The van der Waals surface area contributed by atoms with Gasteiger partial charge in [-0.2, -0.15) is 0 Å². The summed E-state index contributed by atoms with van der Waals surface area (Å²) in [6.07, 6.45) is 0. The van der Waals surface area contributed by atoms with Crippen LogP contribution in [0.2, 0.25) is 10.0 Å². The van der Waals surface area contributed by atoms with Gasteiger partial charge in [0.1, 0.15) is 6.04 Å². The molecular formula is C18H14Cl2F2N2O4. The third-order valence-electron chi connectivity index (χ3n) is 3.75. The third-order valence-corrected chi connectivity index (χ3v) is 4.57. The molecule has 28 heavy (non-hydrogen) atoms. The Bertz CT molecular complexity index is 940. The van der Waals surface area contributed by atoms with Gasteiger partial charge in [-0.25, -0.2) is 13.6 Å². The minimum atomic E-state index is -1.64. The summed E-state index contributed by atoms with van der Waals surface area (Å²) < 4.78 is 26.4. The van der Waals surface area contributed by atoms with Crippen LogP contribution < -0.4 is 10.6 Å². The highest BCUT2D eigenvalue weighted by atomic mass is 35.5. The van der Waals surface area contributed by atoms with Crippen LogP contribution in [0.25, 0.3) is 0 Å². The van der Waals surface area contributed by atoms with E-state index in [1.165, 1.54) is 25.1 Å². The molecular weight excluding hydrogens is 417 g/mol. The highest BCUT2D eigenvalue weighted by Crippen LogP contribution is 2.25. The van der Waals surface area contributed by atoms with Crippen molar-refractivity contribution in [1.29, 1.82) is 0 Å². The van der Waals surface area contributed by atoms with Crippen molar-refractivity contribution in [3.8, 4) is 0 Å². The molecule has 2 amide bonds. The molecule has 0 fully saturated rings. The van der Waals surface area contributed by atoms with Gasteiger partial charge < -0.3 is 15.7 Å². The average molecular weight is 431 g/mol. The molecule has 0 radical (unpaired) electrons. The lowest BCUT2D eigenvalue weighted by molar-refractivity contribution is -0.142. The predicted octanol–water partition coefficient (Wildman–Crippen LogP) is 3.33. The third kappa shape index (κ3) is 4.96. The van der Waals surface area contributed by atoms with Crippen molar-refractivity contribution in [2.24, 2.45) is 0 Å². The van der Waals surface area contributed by atoms with Crippen LogP contribution in [0.15, 0.2) is 36.4 Å². The summed E-state index contributed by atoms with van der Waals surface area (Å²) in [6, 6.07) is 4.03. The van der Waals surface area contributed by atoms with Crippen LogP contribution in [0.1, 0.15) is 28.9 Å². The van der Waals surface area contributed by atoms with Gasteiger partial charge in [-0.1, -0.05) is 35.3 Å². The molecule has 2 aromatic rings. The number of carbonyl (C=O) groups is 3. The maximum absolute atomic E-state index is 13.4. The molecule has 0 aromatic heterocycles. The van der Waals surface area contributed by atoms with Crippen molar-refractivity contribution in [2.75, 3.05) is 0 Å². The molecule has 0 heterocycles. The first-order valence-corrected chi connectivity index (χ1v) is 8.60. The SMILES string of the molecule is C[C@@H](NC(=O)c1cccc(Cl)c1Cl)C(=O)N[C@H](C(=O)O)c1ccc(F)c(F)c1. The minimum Gasteiger partial charge on any atom is -0.479 e. The number of hydrogen-bond donors (Lipinski definition) is 3.